The zero-order chi connectivity index (χ0) is 39.8. The van der Waals surface area contributed by atoms with Crippen LogP contribution in [0.15, 0.2) is 197 Å². The average Bonchev–Trinajstić information content (AvgIpc) is 3.68. The Kier molecular flexibility index (Phi) is 11.2. The lowest BCUT2D eigenvalue weighted by atomic mass is 9.88. The number of nitrogens with zero attached hydrogens (tertiary/aromatic N) is 1. The fourth-order valence-electron chi connectivity index (χ4n) is 7.78. The van der Waals surface area contributed by atoms with Crippen LogP contribution in [-0.2, 0) is 6.42 Å². The second kappa shape index (κ2) is 17.3. The van der Waals surface area contributed by atoms with Crippen LogP contribution in [-0.4, -0.2) is 19.4 Å². The summed E-state index contributed by atoms with van der Waals surface area (Å²) in [6.07, 6.45) is 4.16. The van der Waals surface area contributed by atoms with E-state index in [0.29, 0.717) is 12.4 Å². The SMILES string of the molecule is CN=C(N)c1ccc(-c2ccccc2)cc1.NCC1=CCCc2oc3c(-c4cccc5ccccc45)cc(-c4cccc5ccccc45)cc3c21.Nc1ccccc1. The van der Waals surface area contributed by atoms with E-state index in [1.165, 1.54) is 60.5 Å². The first-order valence-corrected chi connectivity index (χ1v) is 19.7. The molecule has 1 aliphatic carbocycles. The van der Waals surface area contributed by atoms with Crippen LogP contribution in [0.1, 0.15) is 23.3 Å². The molecule has 1 aromatic heterocycles. The topological polar surface area (TPSA) is 104 Å². The number of nitrogens with two attached hydrogens (primary N) is 3. The summed E-state index contributed by atoms with van der Waals surface area (Å²) in [5, 5.41) is 6.12. The fourth-order valence-corrected chi connectivity index (χ4v) is 7.78. The molecule has 0 atom stereocenters. The molecule has 0 saturated heterocycles. The van der Waals surface area contributed by atoms with Crippen LogP contribution >= 0.6 is 0 Å². The van der Waals surface area contributed by atoms with Crippen LogP contribution in [0.4, 0.5) is 5.69 Å². The molecule has 0 saturated carbocycles. The minimum atomic E-state index is 0.518. The van der Waals surface area contributed by atoms with Gasteiger partial charge in [-0.05, 0) is 85.6 Å². The number of anilines is 1. The Morgan fingerprint density at radius 2 is 1.14 bits per heavy atom. The van der Waals surface area contributed by atoms with E-state index < -0.39 is 0 Å². The van der Waals surface area contributed by atoms with E-state index in [0.717, 1.165) is 46.4 Å². The number of allylic oxidation sites excluding steroid dienone is 1. The Balaban J connectivity index is 0.000000168. The van der Waals surface area contributed by atoms with Crippen molar-refractivity contribution < 1.29 is 4.42 Å². The van der Waals surface area contributed by atoms with Crippen molar-refractivity contribution in [3.05, 3.63) is 205 Å². The first-order valence-electron chi connectivity index (χ1n) is 19.7. The van der Waals surface area contributed by atoms with Gasteiger partial charge in [0.1, 0.15) is 17.2 Å². The quantitative estimate of drug-likeness (QED) is 0.0924. The molecule has 6 N–H and O–H groups in total. The summed E-state index contributed by atoms with van der Waals surface area (Å²) in [6, 6.07) is 62.7. The van der Waals surface area contributed by atoms with Gasteiger partial charge in [-0.2, -0.15) is 0 Å². The molecule has 0 bridgehead atoms. The van der Waals surface area contributed by atoms with E-state index in [1.54, 1.807) is 7.05 Å². The van der Waals surface area contributed by atoms with Gasteiger partial charge in [-0.3, -0.25) is 4.99 Å². The first-order chi connectivity index (χ1) is 28.5. The van der Waals surface area contributed by atoms with Crippen LogP contribution in [0.2, 0.25) is 0 Å². The molecule has 9 aromatic rings. The smallest absolute Gasteiger partial charge is 0.142 e. The highest BCUT2D eigenvalue weighted by Gasteiger charge is 2.24. The number of hydrogen-bond donors (Lipinski definition) is 3. The Hall–Kier alpha value is -7.21. The zero-order valence-electron chi connectivity index (χ0n) is 32.6. The minimum absolute atomic E-state index is 0.518. The number of para-hydroxylation sites is 1. The maximum Gasteiger partial charge on any atom is 0.142 e. The van der Waals surface area contributed by atoms with Gasteiger partial charge in [-0.25, -0.2) is 0 Å². The summed E-state index contributed by atoms with van der Waals surface area (Å²) in [6.45, 7) is 0.518. The maximum absolute atomic E-state index is 6.64. The van der Waals surface area contributed by atoms with Gasteiger partial charge >= 0.3 is 0 Å². The number of hydrogen-bond acceptors (Lipinski definition) is 4. The van der Waals surface area contributed by atoms with Crippen LogP contribution in [0.25, 0.3) is 71.5 Å². The predicted octanol–water partition coefficient (Wildman–Crippen LogP) is 12.3. The van der Waals surface area contributed by atoms with Crippen molar-refractivity contribution in [3.8, 4) is 33.4 Å². The molecule has 0 radical (unpaired) electrons. The van der Waals surface area contributed by atoms with Crippen molar-refractivity contribution in [1.82, 2.24) is 0 Å². The van der Waals surface area contributed by atoms with Crippen molar-refractivity contribution in [2.45, 2.75) is 12.8 Å². The minimum Gasteiger partial charge on any atom is -0.460 e. The van der Waals surface area contributed by atoms with Crippen LogP contribution in [0.5, 0.6) is 0 Å². The van der Waals surface area contributed by atoms with E-state index in [1.807, 2.05) is 60.7 Å². The van der Waals surface area contributed by atoms with E-state index in [9.17, 15) is 0 Å². The fraction of sp³-hybridized carbons (Fsp3) is 0.0755. The highest BCUT2D eigenvalue weighted by molar-refractivity contribution is 6.10. The summed E-state index contributed by atoms with van der Waals surface area (Å²) in [5.74, 6) is 1.62. The third-order valence-electron chi connectivity index (χ3n) is 10.7. The molecule has 1 aliphatic rings. The molecule has 8 aromatic carbocycles. The highest BCUT2D eigenvalue weighted by atomic mass is 16.3. The monoisotopic (exact) mass is 754 g/mol. The number of furan rings is 1. The number of aryl methyl sites for hydroxylation is 1. The molecule has 0 amide bonds. The molecule has 0 fully saturated rings. The summed E-state index contributed by atoms with van der Waals surface area (Å²) in [4.78, 5) is 3.96. The summed E-state index contributed by atoms with van der Waals surface area (Å²) < 4.78 is 6.64. The van der Waals surface area contributed by atoms with Crippen molar-refractivity contribution >= 4 is 49.6 Å². The highest BCUT2D eigenvalue weighted by Crippen LogP contribution is 2.44. The first kappa shape index (κ1) is 37.7. The van der Waals surface area contributed by atoms with Crippen molar-refractivity contribution in [2.75, 3.05) is 19.3 Å². The lowest BCUT2D eigenvalue weighted by Crippen LogP contribution is -2.12. The molecule has 5 heteroatoms. The predicted molar refractivity (Wildman–Crippen MR) is 247 cm³/mol. The number of rotatable bonds is 5. The number of fused-ring (bicyclic) bond motifs is 5. The number of amidine groups is 1. The van der Waals surface area contributed by atoms with Gasteiger partial charge in [0, 0.05) is 47.8 Å². The largest absolute Gasteiger partial charge is 0.460 e. The Labute approximate surface area is 339 Å². The number of benzene rings is 8. The van der Waals surface area contributed by atoms with Crippen LogP contribution < -0.4 is 17.2 Å². The van der Waals surface area contributed by atoms with Gasteiger partial charge in [0.05, 0.1) is 0 Å². The molecule has 1 heterocycles. The van der Waals surface area contributed by atoms with Gasteiger partial charge in [-0.1, -0.05) is 164 Å². The van der Waals surface area contributed by atoms with E-state index >= 15 is 0 Å². The van der Waals surface area contributed by atoms with Gasteiger partial charge in [-0.15, -0.1) is 0 Å². The van der Waals surface area contributed by atoms with Crippen molar-refractivity contribution in [1.29, 1.82) is 0 Å². The molecule has 10 rings (SSSR count). The Morgan fingerprint density at radius 1 is 0.569 bits per heavy atom. The molecule has 0 aliphatic heterocycles. The Bertz CT molecular complexity index is 2880. The second-order valence-corrected chi connectivity index (χ2v) is 14.3. The van der Waals surface area contributed by atoms with E-state index in [-0.39, 0.29) is 0 Å². The van der Waals surface area contributed by atoms with Crippen molar-refractivity contribution in [2.24, 2.45) is 16.5 Å². The maximum atomic E-state index is 6.64. The Morgan fingerprint density at radius 3 is 1.76 bits per heavy atom. The van der Waals surface area contributed by atoms with Crippen molar-refractivity contribution in [3.63, 3.8) is 0 Å². The number of aliphatic imine (C=N–C) groups is 1. The lowest BCUT2D eigenvalue weighted by Gasteiger charge is -2.13. The van der Waals surface area contributed by atoms with Gasteiger partial charge < -0.3 is 21.6 Å². The average molecular weight is 755 g/mol. The summed E-state index contributed by atoms with van der Waals surface area (Å²) in [5.41, 5.74) is 29.6. The lowest BCUT2D eigenvalue weighted by molar-refractivity contribution is 0.546. The van der Waals surface area contributed by atoms with Gasteiger partial charge in [0.25, 0.3) is 0 Å². The molecule has 0 unspecified atom stereocenters. The van der Waals surface area contributed by atoms with Crippen LogP contribution in [0.3, 0.4) is 0 Å². The van der Waals surface area contributed by atoms with E-state index in [2.05, 4.69) is 132 Å². The molecular weight excluding hydrogens is 709 g/mol. The normalized spacial score (nSPS) is 12.2. The summed E-state index contributed by atoms with van der Waals surface area (Å²) >= 11 is 0. The molecule has 0 spiro atoms. The number of nitrogen functional groups attached to an aromatic ring is 1. The van der Waals surface area contributed by atoms with E-state index in [4.69, 9.17) is 21.6 Å². The van der Waals surface area contributed by atoms with Crippen LogP contribution in [0, 0.1) is 0 Å². The molecule has 58 heavy (non-hydrogen) atoms. The molecular formula is C53H46N4O. The standard InChI is InChI=1S/C33H25NO.C14H14N2.C6H7N/c34-20-23-12-7-17-31-32(23)30-19-24(27-15-5-10-21-8-1-3-13-25(21)27)18-29(33(30)35-31)28-16-6-11-22-9-2-4-14-26(22)28;1-16-14(15)13-9-7-12(8-10-13)11-5-3-2-4-6-11;7-6-4-2-1-3-5-6/h1-6,8-16,18-19H,7,17,20,34H2;2-10H,1H3,(H2,15,16);1-5H,7H2. The molecule has 284 valence electrons. The third kappa shape index (κ3) is 7.90. The third-order valence-corrected chi connectivity index (χ3v) is 10.7. The van der Waals surface area contributed by atoms with Gasteiger partial charge in [0.2, 0.25) is 0 Å². The van der Waals surface area contributed by atoms with Gasteiger partial charge in [0.15, 0.2) is 0 Å². The second-order valence-electron chi connectivity index (χ2n) is 14.3. The zero-order valence-corrected chi connectivity index (χ0v) is 32.6. The summed E-state index contributed by atoms with van der Waals surface area (Å²) in [7, 11) is 1.69. The molecule has 5 nitrogen and oxygen atoms in total.